The van der Waals surface area contributed by atoms with Gasteiger partial charge in [0.05, 0.1) is 11.0 Å². The average molecular weight is 180 g/mol. The highest BCUT2D eigenvalue weighted by atomic mass is 16.6. The third kappa shape index (κ3) is 1.85. The summed E-state index contributed by atoms with van der Waals surface area (Å²) >= 11 is 0. The largest absolute Gasteiger partial charge is 0.508 e. The van der Waals surface area contributed by atoms with Gasteiger partial charge in [0, 0.05) is 4.91 Å². The summed E-state index contributed by atoms with van der Waals surface area (Å²) in [5.74, 6) is -0.247. The minimum atomic E-state index is -0.732. The number of nitro groups is 1. The van der Waals surface area contributed by atoms with E-state index in [0.29, 0.717) is 0 Å². The maximum Gasteiger partial charge on any atom is 0.282 e. The van der Waals surface area contributed by atoms with Crippen molar-refractivity contribution in [2.75, 3.05) is 0 Å². The Balaban J connectivity index is 3.34. The molecule has 7 heteroatoms. The Morgan fingerprint density at radius 2 is 2.31 bits per heavy atom. The Bertz CT molecular complexity index is 397. The summed E-state index contributed by atoms with van der Waals surface area (Å²) in [5, 5.41) is 22.4. The predicted octanol–water partition coefficient (Wildman–Crippen LogP) is 2.24. The molecular weight excluding hydrogens is 176 g/mol. The molecule has 0 aliphatic carbocycles. The second-order valence-electron chi connectivity index (χ2n) is 2.12. The normalized spacial score (nSPS) is 8.92. The van der Waals surface area contributed by atoms with Crippen molar-refractivity contribution in [3.63, 3.8) is 0 Å². The molecular formula is C6H4N4O3. The van der Waals surface area contributed by atoms with Crippen molar-refractivity contribution >= 4 is 11.4 Å². The number of aromatic hydroxyl groups is 1. The molecule has 0 spiro atoms. The fourth-order valence-corrected chi connectivity index (χ4v) is 0.791. The van der Waals surface area contributed by atoms with Gasteiger partial charge in [-0.05, 0) is 17.7 Å². The van der Waals surface area contributed by atoms with Crippen LogP contribution in [0.4, 0.5) is 11.4 Å². The van der Waals surface area contributed by atoms with Gasteiger partial charge in [0.25, 0.3) is 5.69 Å². The molecule has 13 heavy (non-hydrogen) atoms. The van der Waals surface area contributed by atoms with E-state index >= 15 is 0 Å². The van der Waals surface area contributed by atoms with Crippen molar-refractivity contribution < 1.29 is 10.0 Å². The van der Waals surface area contributed by atoms with Crippen LogP contribution in [0.5, 0.6) is 5.75 Å². The number of rotatable bonds is 2. The first-order chi connectivity index (χ1) is 6.15. The van der Waals surface area contributed by atoms with Crippen LogP contribution in [-0.2, 0) is 0 Å². The number of hydrogen-bond donors (Lipinski definition) is 1. The molecule has 0 atom stereocenters. The van der Waals surface area contributed by atoms with Crippen molar-refractivity contribution in [1.82, 2.24) is 0 Å². The summed E-state index contributed by atoms with van der Waals surface area (Å²) in [5.41, 5.74) is 7.53. The number of phenolic OH excluding ortho intramolecular Hbond substituents is 1. The first-order valence-corrected chi connectivity index (χ1v) is 3.17. The zero-order chi connectivity index (χ0) is 9.84. The molecule has 0 aliphatic rings. The highest BCUT2D eigenvalue weighted by molar-refractivity contribution is 5.59. The fourth-order valence-electron chi connectivity index (χ4n) is 0.791. The molecule has 1 aromatic rings. The van der Waals surface area contributed by atoms with Gasteiger partial charge in [0.1, 0.15) is 11.4 Å². The van der Waals surface area contributed by atoms with Gasteiger partial charge in [-0.25, -0.2) is 0 Å². The molecule has 0 radical (unpaired) electrons. The molecule has 7 nitrogen and oxygen atoms in total. The van der Waals surface area contributed by atoms with E-state index in [1.54, 1.807) is 0 Å². The summed E-state index contributed by atoms with van der Waals surface area (Å²) in [6, 6.07) is 3.30. The zero-order valence-corrected chi connectivity index (χ0v) is 6.28. The van der Waals surface area contributed by atoms with Crippen LogP contribution < -0.4 is 0 Å². The number of azide groups is 1. The summed E-state index contributed by atoms with van der Waals surface area (Å²) in [7, 11) is 0. The van der Waals surface area contributed by atoms with Crippen LogP contribution in [0.15, 0.2) is 23.3 Å². The molecule has 0 unspecified atom stereocenters. The van der Waals surface area contributed by atoms with Crippen molar-refractivity contribution in [1.29, 1.82) is 0 Å². The first-order valence-electron chi connectivity index (χ1n) is 3.17. The molecule has 0 saturated heterocycles. The topological polar surface area (TPSA) is 112 Å². The number of nitro benzene ring substituents is 1. The molecule has 0 aromatic heterocycles. The molecule has 0 heterocycles. The van der Waals surface area contributed by atoms with Crippen LogP contribution in [0.1, 0.15) is 0 Å². The molecule has 0 amide bonds. The minimum Gasteiger partial charge on any atom is -0.508 e. The van der Waals surface area contributed by atoms with E-state index in [0.717, 1.165) is 6.07 Å². The summed E-state index contributed by atoms with van der Waals surface area (Å²) in [6.45, 7) is 0. The average Bonchev–Trinajstić information content (AvgIpc) is 2.08. The van der Waals surface area contributed by atoms with Gasteiger partial charge in [-0.2, -0.15) is 0 Å². The van der Waals surface area contributed by atoms with E-state index in [4.69, 9.17) is 10.6 Å². The lowest BCUT2D eigenvalue weighted by molar-refractivity contribution is -0.384. The number of nitrogens with zero attached hydrogens (tertiary/aromatic N) is 4. The summed E-state index contributed by atoms with van der Waals surface area (Å²) in [4.78, 5) is 12.0. The fraction of sp³-hybridized carbons (Fsp3) is 0. The van der Waals surface area contributed by atoms with Crippen molar-refractivity contribution in [3.05, 3.63) is 38.8 Å². The molecule has 1 N–H and O–H groups in total. The molecule has 0 fully saturated rings. The molecule has 0 saturated carbocycles. The van der Waals surface area contributed by atoms with E-state index < -0.39 is 10.6 Å². The highest BCUT2D eigenvalue weighted by Crippen LogP contribution is 2.30. The van der Waals surface area contributed by atoms with Gasteiger partial charge in [0.15, 0.2) is 0 Å². The highest BCUT2D eigenvalue weighted by Gasteiger charge is 2.12. The lowest BCUT2D eigenvalue weighted by atomic mass is 10.2. The Hall–Kier alpha value is -2.27. The lowest BCUT2D eigenvalue weighted by Gasteiger charge is -1.95. The Kier molecular flexibility index (Phi) is 2.32. The van der Waals surface area contributed by atoms with Crippen molar-refractivity contribution in [2.24, 2.45) is 5.11 Å². The molecule has 1 aromatic carbocycles. The van der Waals surface area contributed by atoms with Gasteiger partial charge in [-0.3, -0.25) is 10.1 Å². The summed E-state index contributed by atoms with van der Waals surface area (Å²) < 4.78 is 0. The van der Waals surface area contributed by atoms with E-state index in [-0.39, 0.29) is 11.4 Å². The lowest BCUT2D eigenvalue weighted by Crippen LogP contribution is -1.87. The van der Waals surface area contributed by atoms with Gasteiger partial charge in [0.2, 0.25) is 0 Å². The van der Waals surface area contributed by atoms with Gasteiger partial charge in [-0.1, -0.05) is 5.11 Å². The zero-order valence-electron chi connectivity index (χ0n) is 6.28. The quantitative estimate of drug-likeness (QED) is 0.247. The van der Waals surface area contributed by atoms with Crippen molar-refractivity contribution in [3.8, 4) is 5.75 Å². The smallest absolute Gasteiger partial charge is 0.282 e. The second kappa shape index (κ2) is 3.42. The molecule has 66 valence electrons. The molecule has 0 aliphatic heterocycles. The number of benzene rings is 1. The molecule has 1 rings (SSSR count). The van der Waals surface area contributed by atoms with E-state index in [1.165, 1.54) is 12.1 Å². The second-order valence-corrected chi connectivity index (χ2v) is 2.12. The SMILES string of the molecule is [N-]=[N+]=Nc1ccc(O)cc1[N+](=O)[O-]. The standard InChI is InChI=1S/C6H4N4O3/c7-9-8-5-2-1-4(11)3-6(5)10(12)13/h1-3,11H. The van der Waals surface area contributed by atoms with Gasteiger partial charge in [-0.15, -0.1) is 0 Å². The Morgan fingerprint density at radius 1 is 1.62 bits per heavy atom. The van der Waals surface area contributed by atoms with Crippen LogP contribution in [0.2, 0.25) is 0 Å². The van der Waals surface area contributed by atoms with Gasteiger partial charge >= 0.3 is 0 Å². The maximum absolute atomic E-state index is 10.4. The van der Waals surface area contributed by atoms with Gasteiger partial charge < -0.3 is 5.11 Å². The van der Waals surface area contributed by atoms with E-state index in [2.05, 4.69) is 10.0 Å². The van der Waals surface area contributed by atoms with Crippen LogP contribution in [-0.4, -0.2) is 10.0 Å². The van der Waals surface area contributed by atoms with Crippen molar-refractivity contribution in [2.45, 2.75) is 0 Å². The third-order valence-corrected chi connectivity index (χ3v) is 1.31. The number of phenols is 1. The minimum absolute atomic E-state index is 0.120. The van der Waals surface area contributed by atoms with Crippen LogP contribution >= 0.6 is 0 Å². The Labute approximate surface area is 72.0 Å². The van der Waals surface area contributed by atoms with Crippen LogP contribution in [0, 0.1) is 10.1 Å². The predicted molar refractivity (Wildman–Crippen MR) is 43.6 cm³/mol. The van der Waals surface area contributed by atoms with E-state index in [1.807, 2.05) is 0 Å². The molecule has 0 bridgehead atoms. The Morgan fingerprint density at radius 3 is 2.85 bits per heavy atom. The number of hydrogen-bond acceptors (Lipinski definition) is 4. The van der Waals surface area contributed by atoms with E-state index in [9.17, 15) is 10.1 Å². The maximum atomic E-state index is 10.4. The van der Waals surface area contributed by atoms with Crippen LogP contribution in [0.25, 0.3) is 10.4 Å². The first kappa shape index (κ1) is 8.82. The third-order valence-electron chi connectivity index (χ3n) is 1.31. The monoisotopic (exact) mass is 180 g/mol. The summed E-state index contributed by atoms with van der Waals surface area (Å²) in [6.07, 6.45) is 0. The van der Waals surface area contributed by atoms with Crippen LogP contribution in [0.3, 0.4) is 0 Å².